The summed E-state index contributed by atoms with van der Waals surface area (Å²) < 4.78 is 35.1. The fourth-order valence-corrected chi connectivity index (χ4v) is 0.865. The van der Waals surface area contributed by atoms with E-state index in [1.807, 2.05) is 0 Å². The number of carbonyl (C=O) groups is 2. The predicted octanol–water partition coefficient (Wildman–Crippen LogP) is 0.0714. The molecule has 0 saturated heterocycles. The zero-order valence-corrected chi connectivity index (χ0v) is 8.67. The van der Waals surface area contributed by atoms with Gasteiger partial charge in [-0.25, -0.2) is 0 Å². The molecule has 0 aliphatic carbocycles. The molecule has 1 amide bonds. The Labute approximate surface area is 90.2 Å². The van der Waals surface area contributed by atoms with Crippen molar-refractivity contribution in [3.8, 4) is 0 Å². The second kappa shape index (κ2) is 6.31. The number of halogens is 3. The van der Waals surface area contributed by atoms with Gasteiger partial charge in [-0.05, 0) is 7.05 Å². The Hall–Kier alpha value is -1.31. The van der Waals surface area contributed by atoms with Crippen molar-refractivity contribution >= 4 is 11.9 Å². The number of carboxylic acids is 1. The summed E-state index contributed by atoms with van der Waals surface area (Å²) in [4.78, 5) is 22.4. The normalized spacial score (nSPS) is 11.6. The van der Waals surface area contributed by atoms with E-state index in [9.17, 15) is 22.8 Å². The molecule has 0 atom stereocenters. The van der Waals surface area contributed by atoms with E-state index in [0.717, 1.165) is 0 Å². The highest BCUT2D eigenvalue weighted by molar-refractivity contribution is 5.78. The van der Waals surface area contributed by atoms with Crippen LogP contribution in [-0.2, 0) is 9.59 Å². The number of aliphatic carboxylic acids is 1. The van der Waals surface area contributed by atoms with Gasteiger partial charge >= 0.3 is 12.1 Å². The van der Waals surface area contributed by atoms with Gasteiger partial charge in [0.1, 0.15) is 6.54 Å². The van der Waals surface area contributed by atoms with E-state index >= 15 is 0 Å². The summed E-state index contributed by atoms with van der Waals surface area (Å²) in [5.41, 5.74) is 0. The second-order valence-electron chi connectivity index (χ2n) is 3.27. The summed E-state index contributed by atoms with van der Waals surface area (Å²) in [6.07, 6.45) is -4.60. The van der Waals surface area contributed by atoms with Crippen LogP contribution in [0.3, 0.4) is 0 Å². The minimum Gasteiger partial charge on any atom is -0.481 e. The van der Waals surface area contributed by atoms with Crippen molar-refractivity contribution < 1.29 is 27.9 Å². The lowest BCUT2D eigenvalue weighted by atomic mass is 10.4. The number of nitrogens with zero attached hydrogens (tertiary/aromatic N) is 1. The molecule has 0 unspecified atom stereocenters. The van der Waals surface area contributed by atoms with E-state index < -0.39 is 24.6 Å². The lowest BCUT2D eigenvalue weighted by Gasteiger charge is -2.15. The van der Waals surface area contributed by atoms with Gasteiger partial charge in [0.2, 0.25) is 5.91 Å². The zero-order valence-electron chi connectivity index (χ0n) is 8.67. The minimum atomic E-state index is -4.44. The molecule has 0 aliphatic rings. The van der Waals surface area contributed by atoms with Gasteiger partial charge in [-0.1, -0.05) is 0 Å². The van der Waals surface area contributed by atoms with Crippen LogP contribution in [0.5, 0.6) is 0 Å². The molecule has 8 heteroatoms. The van der Waals surface area contributed by atoms with E-state index in [-0.39, 0.29) is 19.5 Å². The number of likely N-dealkylation sites (N-methyl/N-ethyl adjacent to an activating group) is 1. The maximum atomic E-state index is 11.7. The molecule has 0 aliphatic heterocycles. The fraction of sp³-hybridized carbons (Fsp3) is 0.750. The molecule has 0 bridgehead atoms. The molecule has 0 fully saturated rings. The number of hydrogen-bond donors (Lipinski definition) is 2. The van der Waals surface area contributed by atoms with Gasteiger partial charge in [0.15, 0.2) is 0 Å². The lowest BCUT2D eigenvalue weighted by Crippen LogP contribution is -2.40. The SMILES string of the molecule is CN(CCC(=O)O)CC(=O)NCC(F)(F)F. The van der Waals surface area contributed by atoms with Crippen LogP contribution in [0.4, 0.5) is 13.2 Å². The first-order chi connectivity index (χ1) is 7.20. The van der Waals surface area contributed by atoms with Gasteiger partial charge in [-0.3, -0.25) is 14.5 Å². The van der Waals surface area contributed by atoms with Crippen LogP contribution >= 0.6 is 0 Å². The number of hydrogen-bond acceptors (Lipinski definition) is 3. The Morgan fingerprint density at radius 1 is 1.38 bits per heavy atom. The molecule has 0 rings (SSSR count). The van der Waals surface area contributed by atoms with Gasteiger partial charge in [0.05, 0.1) is 13.0 Å². The average Bonchev–Trinajstić information content (AvgIpc) is 2.10. The van der Waals surface area contributed by atoms with E-state index in [2.05, 4.69) is 0 Å². The van der Waals surface area contributed by atoms with E-state index in [0.29, 0.717) is 0 Å². The number of nitrogens with one attached hydrogen (secondary N) is 1. The van der Waals surface area contributed by atoms with Crippen molar-refractivity contribution in [3.05, 3.63) is 0 Å². The van der Waals surface area contributed by atoms with Crippen molar-refractivity contribution in [2.24, 2.45) is 0 Å². The van der Waals surface area contributed by atoms with Crippen LogP contribution in [0.25, 0.3) is 0 Å². The first-order valence-electron chi connectivity index (χ1n) is 4.44. The maximum absolute atomic E-state index is 11.7. The fourth-order valence-electron chi connectivity index (χ4n) is 0.865. The van der Waals surface area contributed by atoms with E-state index in [4.69, 9.17) is 5.11 Å². The number of carboxylic acid groups (broad SMARTS) is 1. The van der Waals surface area contributed by atoms with Crippen LogP contribution in [0.1, 0.15) is 6.42 Å². The van der Waals surface area contributed by atoms with Crippen molar-refractivity contribution in [3.63, 3.8) is 0 Å². The molecule has 2 N–H and O–H groups in total. The monoisotopic (exact) mass is 242 g/mol. The molecular formula is C8H13F3N2O3. The molecule has 0 aromatic carbocycles. The molecule has 0 saturated carbocycles. The lowest BCUT2D eigenvalue weighted by molar-refractivity contribution is -0.139. The Morgan fingerprint density at radius 2 is 1.94 bits per heavy atom. The predicted molar refractivity (Wildman–Crippen MR) is 48.8 cm³/mol. The van der Waals surface area contributed by atoms with Crippen LogP contribution in [0.2, 0.25) is 0 Å². The maximum Gasteiger partial charge on any atom is 0.405 e. The third-order valence-corrected chi connectivity index (χ3v) is 1.61. The molecule has 0 aromatic rings. The van der Waals surface area contributed by atoms with Crippen LogP contribution in [0, 0.1) is 0 Å². The Balaban J connectivity index is 3.74. The smallest absolute Gasteiger partial charge is 0.405 e. The van der Waals surface area contributed by atoms with Gasteiger partial charge in [0, 0.05) is 6.54 Å². The van der Waals surface area contributed by atoms with Crippen molar-refractivity contribution in [2.75, 3.05) is 26.7 Å². The highest BCUT2D eigenvalue weighted by Crippen LogP contribution is 2.11. The van der Waals surface area contributed by atoms with Crippen molar-refractivity contribution in [1.82, 2.24) is 10.2 Å². The Bertz CT molecular complexity index is 255. The molecule has 0 radical (unpaired) electrons. The first kappa shape index (κ1) is 14.7. The Kier molecular flexibility index (Phi) is 5.79. The largest absolute Gasteiger partial charge is 0.481 e. The van der Waals surface area contributed by atoms with Gasteiger partial charge < -0.3 is 10.4 Å². The molecular weight excluding hydrogens is 229 g/mol. The third kappa shape index (κ3) is 9.25. The van der Waals surface area contributed by atoms with Crippen molar-refractivity contribution in [1.29, 1.82) is 0 Å². The standard InChI is InChI=1S/C8H13F3N2O3/c1-13(3-2-7(15)16)4-6(14)12-5-8(9,10)11/h2-5H2,1H3,(H,12,14)(H,15,16). The molecule has 0 aromatic heterocycles. The number of carbonyl (C=O) groups excluding carboxylic acids is 1. The zero-order chi connectivity index (χ0) is 12.8. The van der Waals surface area contributed by atoms with Crippen LogP contribution in [0.15, 0.2) is 0 Å². The summed E-state index contributed by atoms with van der Waals surface area (Å²) >= 11 is 0. The van der Waals surface area contributed by atoms with Crippen LogP contribution in [-0.4, -0.2) is 54.7 Å². The number of amides is 1. The van der Waals surface area contributed by atoms with Gasteiger partial charge in [0.25, 0.3) is 0 Å². The third-order valence-electron chi connectivity index (χ3n) is 1.61. The molecule has 5 nitrogen and oxygen atoms in total. The minimum absolute atomic E-state index is 0.106. The molecule has 16 heavy (non-hydrogen) atoms. The van der Waals surface area contributed by atoms with E-state index in [1.54, 1.807) is 5.32 Å². The number of alkyl halides is 3. The molecule has 0 heterocycles. The summed E-state index contributed by atoms with van der Waals surface area (Å²) in [6.45, 7) is -1.53. The topological polar surface area (TPSA) is 69.6 Å². The van der Waals surface area contributed by atoms with E-state index in [1.165, 1.54) is 11.9 Å². The summed E-state index contributed by atoms with van der Waals surface area (Å²) in [5.74, 6) is -1.81. The first-order valence-corrected chi connectivity index (χ1v) is 4.44. The Morgan fingerprint density at radius 3 is 2.38 bits per heavy atom. The average molecular weight is 242 g/mol. The van der Waals surface area contributed by atoms with Gasteiger partial charge in [-0.2, -0.15) is 13.2 Å². The second-order valence-corrected chi connectivity index (χ2v) is 3.27. The number of rotatable bonds is 6. The summed E-state index contributed by atoms with van der Waals surface area (Å²) in [6, 6.07) is 0. The molecule has 94 valence electrons. The van der Waals surface area contributed by atoms with Crippen molar-refractivity contribution in [2.45, 2.75) is 12.6 Å². The highest BCUT2D eigenvalue weighted by atomic mass is 19.4. The quantitative estimate of drug-likeness (QED) is 0.691. The van der Waals surface area contributed by atoms with Gasteiger partial charge in [-0.15, -0.1) is 0 Å². The van der Waals surface area contributed by atoms with Crippen LogP contribution < -0.4 is 5.32 Å². The highest BCUT2D eigenvalue weighted by Gasteiger charge is 2.27. The summed E-state index contributed by atoms with van der Waals surface area (Å²) in [7, 11) is 1.45. The summed E-state index contributed by atoms with van der Waals surface area (Å²) in [5, 5.41) is 10.0. The molecule has 0 spiro atoms.